The molecule has 1 aromatic carbocycles. The van der Waals surface area contributed by atoms with Crippen LogP contribution in [-0.2, 0) is 6.54 Å². The van der Waals surface area contributed by atoms with Crippen LogP contribution in [0.15, 0.2) is 29.1 Å². The van der Waals surface area contributed by atoms with Crippen LogP contribution in [0.5, 0.6) is 0 Å². The predicted octanol–water partition coefficient (Wildman–Crippen LogP) is 4.35. The van der Waals surface area contributed by atoms with Crippen molar-refractivity contribution < 1.29 is 0 Å². The molecule has 4 nitrogen and oxygen atoms in total. The lowest BCUT2D eigenvalue weighted by atomic mass is 10.1. The molecule has 0 aliphatic carbocycles. The molecule has 0 spiro atoms. The van der Waals surface area contributed by atoms with Gasteiger partial charge in [0.2, 0.25) is 0 Å². The summed E-state index contributed by atoms with van der Waals surface area (Å²) in [7, 11) is 0. The molecule has 5 heteroatoms. The zero-order chi connectivity index (χ0) is 17.3. The number of hydrogen-bond donors (Lipinski definition) is 0. The van der Waals surface area contributed by atoms with E-state index in [9.17, 15) is 4.79 Å². The lowest BCUT2D eigenvalue weighted by Crippen LogP contribution is -2.23. The molecule has 3 aromatic rings. The summed E-state index contributed by atoms with van der Waals surface area (Å²) in [5.74, 6) is 0.687. The van der Waals surface area contributed by atoms with E-state index in [4.69, 9.17) is 10.2 Å². The van der Waals surface area contributed by atoms with Crippen molar-refractivity contribution in [2.24, 2.45) is 0 Å². The van der Waals surface area contributed by atoms with Gasteiger partial charge in [0.05, 0.1) is 11.5 Å². The van der Waals surface area contributed by atoms with Crippen LogP contribution in [0.25, 0.3) is 21.6 Å². The van der Waals surface area contributed by atoms with Crippen LogP contribution in [0.3, 0.4) is 0 Å². The Morgan fingerprint density at radius 2 is 1.92 bits per heavy atom. The van der Waals surface area contributed by atoms with Crippen molar-refractivity contribution in [2.75, 3.05) is 0 Å². The highest BCUT2D eigenvalue weighted by molar-refractivity contribution is 7.18. The molecule has 2 heterocycles. The summed E-state index contributed by atoms with van der Waals surface area (Å²) in [6.07, 6.45) is 1.07. The second-order valence-electron chi connectivity index (χ2n) is 5.98. The van der Waals surface area contributed by atoms with Crippen LogP contribution >= 0.6 is 11.3 Å². The third-order valence-electron chi connectivity index (χ3n) is 4.27. The van der Waals surface area contributed by atoms with Crippen LogP contribution < -0.4 is 5.56 Å². The van der Waals surface area contributed by atoms with Crippen molar-refractivity contribution in [1.29, 1.82) is 5.26 Å². The SMILES string of the molecule is Cc1ccc(-c2nc3sc(C)c(C)c3c(=O)n2CCCC#N)cc1. The molecule has 122 valence electrons. The Kier molecular flexibility index (Phi) is 4.50. The minimum Gasteiger partial charge on any atom is -0.292 e. The van der Waals surface area contributed by atoms with Gasteiger partial charge in [-0.1, -0.05) is 29.8 Å². The molecule has 0 fully saturated rings. The fraction of sp³-hybridized carbons (Fsp3) is 0.316. The van der Waals surface area contributed by atoms with E-state index < -0.39 is 0 Å². The standard InChI is InChI=1S/C19H19N3OS/c1-12-6-8-15(9-7-12)17-21-18-16(13(2)14(3)24-18)19(23)22(17)11-5-4-10-20/h6-9H,4-5,11H2,1-3H3. The van der Waals surface area contributed by atoms with E-state index in [0.717, 1.165) is 20.8 Å². The van der Waals surface area contributed by atoms with E-state index >= 15 is 0 Å². The van der Waals surface area contributed by atoms with Crippen LogP contribution in [0.1, 0.15) is 28.8 Å². The van der Waals surface area contributed by atoms with Crippen LogP contribution in [0, 0.1) is 32.1 Å². The molecule has 0 aliphatic rings. The number of unbranched alkanes of at least 4 members (excludes halogenated alkanes) is 1. The first-order chi connectivity index (χ1) is 11.5. The van der Waals surface area contributed by atoms with E-state index in [-0.39, 0.29) is 5.56 Å². The average molecular weight is 337 g/mol. The number of aromatic nitrogens is 2. The molecule has 0 aliphatic heterocycles. The van der Waals surface area contributed by atoms with Crippen LogP contribution in [0.2, 0.25) is 0 Å². The molecule has 0 bridgehead atoms. The maximum Gasteiger partial charge on any atom is 0.262 e. The van der Waals surface area contributed by atoms with Crippen molar-refractivity contribution in [3.8, 4) is 17.5 Å². The number of aryl methyl sites for hydroxylation is 3. The van der Waals surface area contributed by atoms with Crippen molar-refractivity contribution in [1.82, 2.24) is 9.55 Å². The van der Waals surface area contributed by atoms with Gasteiger partial charge in [-0.2, -0.15) is 5.26 Å². The van der Waals surface area contributed by atoms with Gasteiger partial charge < -0.3 is 0 Å². The van der Waals surface area contributed by atoms with Crippen molar-refractivity contribution >= 4 is 21.6 Å². The van der Waals surface area contributed by atoms with E-state index in [2.05, 4.69) is 6.07 Å². The molecular formula is C19H19N3OS. The van der Waals surface area contributed by atoms with Gasteiger partial charge in [-0.05, 0) is 32.8 Å². The summed E-state index contributed by atoms with van der Waals surface area (Å²) in [6, 6.07) is 10.2. The third kappa shape index (κ3) is 2.85. The molecule has 0 amide bonds. The summed E-state index contributed by atoms with van der Waals surface area (Å²) in [6.45, 7) is 6.54. The highest BCUT2D eigenvalue weighted by atomic mass is 32.1. The highest BCUT2D eigenvalue weighted by Crippen LogP contribution is 2.28. The monoisotopic (exact) mass is 337 g/mol. The van der Waals surface area contributed by atoms with Crippen molar-refractivity contribution in [2.45, 2.75) is 40.2 Å². The Morgan fingerprint density at radius 3 is 2.58 bits per heavy atom. The first-order valence-corrected chi connectivity index (χ1v) is 8.79. The van der Waals surface area contributed by atoms with Gasteiger partial charge in [0.15, 0.2) is 0 Å². The van der Waals surface area contributed by atoms with Crippen molar-refractivity contribution in [3.05, 3.63) is 50.6 Å². The van der Waals surface area contributed by atoms with Crippen LogP contribution in [0.4, 0.5) is 0 Å². The largest absolute Gasteiger partial charge is 0.292 e. The van der Waals surface area contributed by atoms with Gasteiger partial charge >= 0.3 is 0 Å². The quantitative estimate of drug-likeness (QED) is 0.665. The molecule has 24 heavy (non-hydrogen) atoms. The second-order valence-corrected chi connectivity index (χ2v) is 7.19. The minimum absolute atomic E-state index is 0.00429. The Balaban J connectivity index is 2.25. The number of fused-ring (bicyclic) bond motifs is 1. The summed E-state index contributed by atoms with van der Waals surface area (Å²) in [5, 5.41) is 9.51. The normalized spacial score (nSPS) is 10.9. The predicted molar refractivity (Wildman–Crippen MR) is 98.4 cm³/mol. The fourth-order valence-electron chi connectivity index (χ4n) is 2.77. The molecule has 0 N–H and O–H groups in total. The summed E-state index contributed by atoms with van der Waals surface area (Å²) >= 11 is 1.57. The number of benzene rings is 1. The first kappa shape index (κ1) is 16.4. The fourth-order valence-corrected chi connectivity index (χ4v) is 3.79. The van der Waals surface area contributed by atoms with E-state index in [1.807, 2.05) is 45.0 Å². The number of thiophene rings is 1. The highest BCUT2D eigenvalue weighted by Gasteiger charge is 2.17. The molecule has 3 rings (SSSR count). The van der Waals surface area contributed by atoms with Gasteiger partial charge in [0, 0.05) is 23.4 Å². The van der Waals surface area contributed by atoms with Gasteiger partial charge in [0.1, 0.15) is 10.7 Å². The molecule has 0 radical (unpaired) electrons. The number of hydrogen-bond acceptors (Lipinski definition) is 4. The first-order valence-electron chi connectivity index (χ1n) is 7.97. The summed E-state index contributed by atoms with van der Waals surface area (Å²) in [5.41, 5.74) is 3.11. The maximum atomic E-state index is 13.1. The molecule has 0 saturated heterocycles. The van der Waals surface area contributed by atoms with Gasteiger partial charge in [-0.15, -0.1) is 11.3 Å². The Hall–Kier alpha value is -2.45. The van der Waals surface area contributed by atoms with E-state index in [0.29, 0.717) is 30.6 Å². The maximum absolute atomic E-state index is 13.1. The number of nitriles is 1. The third-order valence-corrected chi connectivity index (χ3v) is 5.37. The Labute approximate surface area is 145 Å². The van der Waals surface area contributed by atoms with Crippen molar-refractivity contribution in [3.63, 3.8) is 0 Å². The molecular weight excluding hydrogens is 318 g/mol. The topological polar surface area (TPSA) is 58.7 Å². The molecule has 0 unspecified atom stereocenters. The lowest BCUT2D eigenvalue weighted by Gasteiger charge is -2.12. The Bertz CT molecular complexity index is 991. The van der Waals surface area contributed by atoms with Gasteiger partial charge in [-0.3, -0.25) is 9.36 Å². The number of rotatable bonds is 4. The zero-order valence-corrected chi connectivity index (χ0v) is 14.9. The van der Waals surface area contributed by atoms with Gasteiger partial charge in [-0.25, -0.2) is 4.98 Å². The molecule has 0 atom stereocenters. The molecule has 2 aromatic heterocycles. The average Bonchev–Trinajstić information content (AvgIpc) is 2.85. The van der Waals surface area contributed by atoms with E-state index in [1.165, 1.54) is 5.56 Å². The van der Waals surface area contributed by atoms with Gasteiger partial charge in [0.25, 0.3) is 5.56 Å². The van der Waals surface area contributed by atoms with Crippen LogP contribution in [-0.4, -0.2) is 9.55 Å². The summed E-state index contributed by atoms with van der Waals surface area (Å²) < 4.78 is 1.73. The smallest absolute Gasteiger partial charge is 0.262 e. The Morgan fingerprint density at radius 1 is 1.21 bits per heavy atom. The second kappa shape index (κ2) is 6.58. The zero-order valence-electron chi connectivity index (χ0n) is 14.1. The lowest BCUT2D eigenvalue weighted by molar-refractivity contribution is 0.634. The minimum atomic E-state index is -0.00429. The molecule has 0 saturated carbocycles. The number of nitrogens with zero attached hydrogens (tertiary/aromatic N) is 3. The summed E-state index contributed by atoms with van der Waals surface area (Å²) in [4.78, 5) is 19.8. The van der Waals surface area contributed by atoms with E-state index in [1.54, 1.807) is 15.9 Å².